The summed E-state index contributed by atoms with van der Waals surface area (Å²) in [7, 11) is -3.26. The van der Waals surface area contributed by atoms with Crippen molar-refractivity contribution in [2.45, 2.75) is 11.1 Å². The number of rotatable bonds is 6. The van der Waals surface area contributed by atoms with E-state index in [4.69, 9.17) is 4.74 Å². The van der Waals surface area contributed by atoms with E-state index in [1.54, 1.807) is 0 Å². The van der Waals surface area contributed by atoms with Crippen LogP contribution in [-0.4, -0.2) is 40.5 Å². The molecule has 8 heteroatoms. The van der Waals surface area contributed by atoms with Crippen molar-refractivity contribution in [3.8, 4) is 5.75 Å². The molecule has 0 atom stereocenters. The first-order chi connectivity index (χ1) is 8.68. The molecule has 0 saturated heterocycles. The van der Waals surface area contributed by atoms with Gasteiger partial charge in [0.25, 0.3) is 0 Å². The van der Waals surface area contributed by atoms with Crippen molar-refractivity contribution >= 4 is 9.84 Å². The van der Waals surface area contributed by atoms with Gasteiger partial charge in [-0.2, -0.15) is 13.2 Å². The lowest BCUT2D eigenvalue weighted by molar-refractivity contribution is -0.124. The predicted octanol–water partition coefficient (Wildman–Crippen LogP) is 1.62. The quantitative estimate of drug-likeness (QED) is 0.811. The zero-order valence-electron chi connectivity index (χ0n) is 10.2. The lowest BCUT2D eigenvalue weighted by Gasteiger charge is -2.09. The third-order valence-corrected chi connectivity index (χ3v) is 3.25. The molecule has 0 amide bonds. The zero-order chi connectivity index (χ0) is 14.5. The average Bonchev–Trinajstić information content (AvgIpc) is 2.26. The number of benzene rings is 1. The van der Waals surface area contributed by atoms with Crippen LogP contribution in [0.15, 0.2) is 29.2 Å². The van der Waals surface area contributed by atoms with E-state index in [0.29, 0.717) is 5.75 Å². The molecule has 1 N–H and O–H groups in total. The van der Waals surface area contributed by atoms with E-state index in [9.17, 15) is 21.6 Å². The number of halogens is 3. The molecule has 0 aliphatic rings. The molecule has 1 aromatic carbocycles. The molecule has 1 rings (SSSR count). The van der Waals surface area contributed by atoms with Gasteiger partial charge in [0.2, 0.25) is 0 Å². The maximum atomic E-state index is 11.8. The maximum absolute atomic E-state index is 11.8. The molecule has 0 aromatic heterocycles. The summed E-state index contributed by atoms with van der Waals surface area (Å²) < 4.78 is 62.9. The molecule has 1 aromatic rings. The third-order valence-electron chi connectivity index (χ3n) is 2.12. The normalized spacial score (nSPS) is 12.4. The van der Waals surface area contributed by atoms with Gasteiger partial charge in [-0.1, -0.05) is 0 Å². The summed E-state index contributed by atoms with van der Waals surface area (Å²) >= 11 is 0. The van der Waals surface area contributed by atoms with Gasteiger partial charge in [0.05, 0.1) is 11.4 Å². The van der Waals surface area contributed by atoms with E-state index < -0.39 is 22.6 Å². The maximum Gasteiger partial charge on any atom is 0.401 e. The van der Waals surface area contributed by atoms with Gasteiger partial charge in [-0.15, -0.1) is 0 Å². The van der Waals surface area contributed by atoms with Crippen LogP contribution in [0, 0.1) is 0 Å². The van der Waals surface area contributed by atoms with Gasteiger partial charge in [-0.05, 0) is 24.3 Å². The van der Waals surface area contributed by atoms with Crippen molar-refractivity contribution in [2.75, 3.05) is 26.0 Å². The Balaban J connectivity index is 2.35. The van der Waals surface area contributed by atoms with Crippen molar-refractivity contribution in [1.29, 1.82) is 0 Å². The van der Waals surface area contributed by atoms with Crippen molar-refractivity contribution in [2.24, 2.45) is 0 Å². The Bertz CT molecular complexity index is 497. The van der Waals surface area contributed by atoms with Crippen LogP contribution in [0.4, 0.5) is 13.2 Å². The molecule has 0 saturated carbocycles. The van der Waals surface area contributed by atoms with Crippen LogP contribution in [0.25, 0.3) is 0 Å². The summed E-state index contributed by atoms with van der Waals surface area (Å²) in [4.78, 5) is 0.162. The first kappa shape index (κ1) is 15.8. The van der Waals surface area contributed by atoms with Gasteiger partial charge in [0.15, 0.2) is 9.84 Å². The second kappa shape index (κ2) is 6.25. The van der Waals surface area contributed by atoms with E-state index in [0.717, 1.165) is 6.26 Å². The summed E-state index contributed by atoms with van der Waals surface area (Å²) in [6, 6.07) is 5.68. The van der Waals surface area contributed by atoms with Crippen molar-refractivity contribution < 1.29 is 26.3 Å². The molecule has 108 valence electrons. The average molecular weight is 297 g/mol. The monoisotopic (exact) mass is 297 g/mol. The van der Waals surface area contributed by atoms with E-state index >= 15 is 0 Å². The molecule has 19 heavy (non-hydrogen) atoms. The van der Waals surface area contributed by atoms with Crippen LogP contribution in [0.1, 0.15) is 0 Å². The van der Waals surface area contributed by atoms with E-state index in [-0.39, 0.29) is 18.0 Å². The summed E-state index contributed by atoms with van der Waals surface area (Å²) in [5.74, 6) is 0.404. The second-order valence-corrected chi connectivity index (χ2v) is 5.90. The molecule has 0 radical (unpaired) electrons. The molecule has 4 nitrogen and oxygen atoms in total. The summed E-state index contributed by atoms with van der Waals surface area (Å²) in [5.41, 5.74) is 0. The SMILES string of the molecule is CS(=O)(=O)c1ccc(OCCNCC(F)(F)F)cc1. The smallest absolute Gasteiger partial charge is 0.401 e. The molecule has 0 spiro atoms. The van der Waals surface area contributed by atoms with Crippen LogP contribution in [0.2, 0.25) is 0 Å². The summed E-state index contributed by atoms with van der Waals surface area (Å²) in [6.45, 7) is -0.953. The minimum Gasteiger partial charge on any atom is -0.492 e. The van der Waals surface area contributed by atoms with Crippen LogP contribution in [0.3, 0.4) is 0 Å². The van der Waals surface area contributed by atoms with Crippen molar-refractivity contribution in [3.05, 3.63) is 24.3 Å². The second-order valence-electron chi connectivity index (χ2n) is 3.88. The number of nitrogens with one attached hydrogen (secondary N) is 1. The minimum absolute atomic E-state index is 0.0489. The largest absolute Gasteiger partial charge is 0.492 e. The molecule has 0 fully saturated rings. The fourth-order valence-corrected chi connectivity index (χ4v) is 1.88. The number of hydrogen-bond donors (Lipinski definition) is 1. The molecule has 0 unspecified atom stereocenters. The lowest BCUT2D eigenvalue weighted by atomic mass is 10.3. The van der Waals surface area contributed by atoms with Gasteiger partial charge < -0.3 is 10.1 Å². The van der Waals surface area contributed by atoms with Crippen LogP contribution >= 0.6 is 0 Å². The van der Waals surface area contributed by atoms with Gasteiger partial charge in [-0.25, -0.2) is 8.42 Å². The molecule has 0 aliphatic carbocycles. The molecule has 0 aliphatic heterocycles. The van der Waals surface area contributed by atoms with Gasteiger partial charge >= 0.3 is 6.18 Å². The lowest BCUT2D eigenvalue weighted by Crippen LogP contribution is -2.31. The number of sulfone groups is 1. The standard InChI is InChI=1S/C11H14F3NO3S/c1-19(16,17)10-4-2-9(3-5-10)18-7-6-15-8-11(12,13)14/h2-5,15H,6-8H2,1H3. The zero-order valence-corrected chi connectivity index (χ0v) is 11.0. The fourth-order valence-electron chi connectivity index (χ4n) is 1.25. The Hall–Kier alpha value is -1.28. The highest BCUT2D eigenvalue weighted by Crippen LogP contribution is 2.15. The van der Waals surface area contributed by atoms with Gasteiger partial charge in [0, 0.05) is 12.8 Å². The van der Waals surface area contributed by atoms with Crippen molar-refractivity contribution in [3.63, 3.8) is 0 Å². The Morgan fingerprint density at radius 3 is 2.26 bits per heavy atom. The van der Waals surface area contributed by atoms with Crippen LogP contribution in [-0.2, 0) is 9.84 Å². The van der Waals surface area contributed by atoms with Gasteiger partial charge in [-0.3, -0.25) is 0 Å². The molecular formula is C11H14F3NO3S. The Labute approximate surface area is 109 Å². The number of alkyl halides is 3. The summed E-state index contributed by atoms with van der Waals surface area (Å²) in [6.07, 6.45) is -3.15. The predicted molar refractivity (Wildman–Crippen MR) is 64.0 cm³/mol. The highest BCUT2D eigenvalue weighted by Gasteiger charge is 2.25. The van der Waals surface area contributed by atoms with E-state index in [2.05, 4.69) is 5.32 Å². The Morgan fingerprint density at radius 1 is 1.21 bits per heavy atom. The minimum atomic E-state index is -4.24. The first-order valence-electron chi connectivity index (χ1n) is 5.39. The topological polar surface area (TPSA) is 55.4 Å². The molecular weight excluding hydrogens is 283 g/mol. The highest BCUT2D eigenvalue weighted by molar-refractivity contribution is 7.90. The summed E-state index contributed by atoms with van der Waals surface area (Å²) in [5, 5.41) is 2.19. The van der Waals surface area contributed by atoms with Crippen LogP contribution < -0.4 is 10.1 Å². The molecule has 0 bridgehead atoms. The van der Waals surface area contributed by atoms with Crippen molar-refractivity contribution in [1.82, 2.24) is 5.32 Å². The fraction of sp³-hybridized carbons (Fsp3) is 0.455. The third kappa shape index (κ3) is 6.44. The van der Waals surface area contributed by atoms with E-state index in [1.165, 1.54) is 24.3 Å². The van der Waals surface area contributed by atoms with Crippen LogP contribution in [0.5, 0.6) is 5.75 Å². The van der Waals surface area contributed by atoms with E-state index in [1.807, 2.05) is 0 Å². The Morgan fingerprint density at radius 2 is 1.79 bits per heavy atom. The Kier molecular flexibility index (Phi) is 5.19. The first-order valence-corrected chi connectivity index (χ1v) is 7.28. The molecule has 0 heterocycles. The highest BCUT2D eigenvalue weighted by atomic mass is 32.2. The number of ether oxygens (including phenoxy) is 1. The van der Waals surface area contributed by atoms with Gasteiger partial charge in [0.1, 0.15) is 12.4 Å². The number of hydrogen-bond acceptors (Lipinski definition) is 4.